The summed E-state index contributed by atoms with van der Waals surface area (Å²) < 4.78 is 26.5. The van der Waals surface area contributed by atoms with Gasteiger partial charge in [0.15, 0.2) is 5.96 Å². The van der Waals surface area contributed by atoms with E-state index >= 15 is 0 Å². The first kappa shape index (κ1) is 18.7. The first-order chi connectivity index (χ1) is 11.4. The van der Waals surface area contributed by atoms with Gasteiger partial charge in [0.1, 0.15) is 0 Å². The lowest BCUT2D eigenvalue weighted by Crippen LogP contribution is -2.38. The molecule has 0 radical (unpaired) electrons. The molecule has 0 aliphatic heterocycles. The fourth-order valence-electron chi connectivity index (χ4n) is 2.27. The van der Waals surface area contributed by atoms with Crippen molar-refractivity contribution >= 4 is 16.0 Å². The fraction of sp³-hybridized carbons (Fsp3) is 0.588. The van der Waals surface area contributed by atoms with E-state index in [4.69, 9.17) is 0 Å². The lowest BCUT2D eigenvalue weighted by Gasteiger charge is -2.11. The number of sulfonamides is 1. The summed E-state index contributed by atoms with van der Waals surface area (Å²) in [6.07, 6.45) is 2.41. The molecule has 1 fully saturated rings. The van der Waals surface area contributed by atoms with Crippen molar-refractivity contribution in [3.63, 3.8) is 0 Å². The highest BCUT2D eigenvalue weighted by molar-refractivity contribution is 7.88. The Balaban J connectivity index is 1.93. The Hall–Kier alpha value is -1.60. The van der Waals surface area contributed by atoms with Crippen molar-refractivity contribution in [2.75, 3.05) is 6.54 Å². The average Bonchev–Trinajstić information content (AvgIpc) is 3.28. The van der Waals surface area contributed by atoms with Crippen LogP contribution in [-0.2, 0) is 22.3 Å². The van der Waals surface area contributed by atoms with Crippen molar-refractivity contribution in [1.29, 1.82) is 0 Å². The van der Waals surface area contributed by atoms with Gasteiger partial charge in [-0.2, -0.15) is 0 Å². The third kappa shape index (κ3) is 6.88. The highest BCUT2D eigenvalue weighted by Crippen LogP contribution is 2.18. The molecule has 0 saturated heterocycles. The molecule has 0 heterocycles. The normalized spacial score (nSPS) is 15.6. The zero-order valence-corrected chi connectivity index (χ0v) is 15.5. The van der Waals surface area contributed by atoms with Gasteiger partial charge in [-0.1, -0.05) is 24.3 Å². The molecule has 1 aliphatic carbocycles. The van der Waals surface area contributed by atoms with Crippen LogP contribution in [0.5, 0.6) is 0 Å². The molecule has 7 heteroatoms. The summed E-state index contributed by atoms with van der Waals surface area (Å²) in [5, 5.41) is 6.61. The third-order valence-electron chi connectivity index (χ3n) is 3.48. The molecular formula is C17H28N4O2S. The van der Waals surface area contributed by atoms with Gasteiger partial charge in [-0.15, -0.1) is 0 Å². The number of guanidine groups is 1. The van der Waals surface area contributed by atoms with Crippen molar-refractivity contribution < 1.29 is 8.42 Å². The van der Waals surface area contributed by atoms with Crippen molar-refractivity contribution in [3.8, 4) is 0 Å². The quantitative estimate of drug-likeness (QED) is 0.491. The first-order valence-electron chi connectivity index (χ1n) is 8.50. The molecule has 6 nitrogen and oxygen atoms in total. The molecular weight excluding hydrogens is 324 g/mol. The van der Waals surface area contributed by atoms with Gasteiger partial charge in [0, 0.05) is 18.6 Å². The van der Waals surface area contributed by atoms with E-state index in [1.807, 2.05) is 45.0 Å². The summed E-state index contributed by atoms with van der Waals surface area (Å²) in [5.74, 6) is 0.841. The minimum atomic E-state index is -3.28. The van der Waals surface area contributed by atoms with Crippen molar-refractivity contribution in [2.45, 2.75) is 58.0 Å². The molecule has 0 aromatic heterocycles. The van der Waals surface area contributed by atoms with Gasteiger partial charge in [0.25, 0.3) is 0 Å². The molecule has 0 bridgehead atoms. The second kappa shape index (κ2) is 8.48. The molecule has 24 heavy (non-hydrogen) atoms. The Morgan fingerprint density at radius 3 is 2.38 bits per heavy atom. The van der Waals surface area contributed by atoms with Crippen LogP contribution in [-0.4, -0.2) is 33.0 Å². The highest BCUT2D eigenvalue weighted by Gasteiger charge is 2.22. The molecule has 1 aliphatic rings. The van der Waals surface area contributed by atoms with Crippen LogP contribution >= 0.6 is 0 Å². The number of hydrogen-bond donors (Lipinski definition) is 3. The zero-order chi connectivity index (χ0) is 17.6. The van der Waals surface area contributed by atoms with E-state index in [9.17, 15) is 8.42 Å². The van der Waals surface area contributed by atoms with Gasteiger partial charge < -0.3 is 10.6 Å². The van der Waals surface area contributed by atoms with E-state index in [1.165, 1.54) is 12.8 Å². The van der Waals surface area contributed by atoms with Crippen LogP contribution in [0.3, 0.4) is 0 Å². The smallest absolute Gasteiger partial charge is 0.216 e. The molecule has 2 rings (SSSR count). The summed E-state index contributed by atoms with van der Waals surface area (Å²) in [5.41, 5.74) is 1.83. The van der Waals surface area contributed by atoms with E-state index < -0.39 is 10.0 Å². The number of nitrogens with zero attached hydrogens (tertiary/aromatic N) is 1. The SMILES string of the molecule is CCNC(=NCc1ccc(CS(=O)(=O)NC(C)C)cc1)NC1CC1. The topological polar surface area (TPSA) is 82.6 Å². The summed E-state index contributed by atoms with van der Waals surface area (Å²) in [6.45, 7) is 7.08. The number of nitrogens with one attached hydrogen (secondary N) is 3. The maximum absolute atomic E-state index is 11.9. The van der Waals surface area contributed by atoms with Crippen LogP contribution in [0.1, 0.15) is 44.7 Å². The molecule has 134 valence electrons. The average molecular weight is 353 g/mol. The maximum atomic E-state index is 11.9. The van der Waals surface area contributed by atoms with E-state index in [1.54, 1.807) is 0 Å². The standard InChI is InChI=1S/C17H28N4O2S/c1-4-18-17(20-16-9-10-16)19-11-14-5-7-15(8-6-14)12-24(22,23)21-13(2)3/h5-8,13,16,21H,4,9-12H2,1-3H3,(H2,18,19,20). The van der Waals surface area contributed by atoms with Gasteiger partial charge in [-0.3, -0.25) is 0 Å². The largest absolute Gasteiger partial charge is 0.357 e. The Morgan fingerprint density at radius 2 is 1.83 bits per heavy atom. The number of hydrogen-bond acceptors (Lipinski definition) is 3. The van der Waals surface area contributed by atoms with Gasteiger partial charge in [0.2, 0.25) is 10.0 Å². The molecule has 1 aromatic rings. The van der Waals surface area contributed by atoms with Crippen LogP contribution < -0.4 is 15.4 Å². The second-order valence-corrected chi connectivity index (χ2v) is 8.22. The van der Waals surface area contributed by atoms with Crippen LogP contribution in [0.2, 0.25) is 0 Å². The lowest BCUT2D eigenvalue weighted by molar-refractivity contribution is 0.569. The third-order valence-corrected chi connectivity index (χ3v) is 5.02. The molecule has 3 N–H and O–H groups in total. The maximum Gasteiger partial charge on any atom is 0.216 e. The van der Waals surface area contributed by atoms with Crippen LogP contribution in [0.25, 0.3) is 0 Å². The van der Waals surface area contributed by atoms with Crippen molar-refractivity contribution in [3.05, 3.63) is 35.4 Å². The van der Waals surface area contributed by atoms with E-state index in [-0.39, 0.29) is 11.8 Å². The van der Waals surface area contributed by atoms with Crippen LogP contribution in [0, 0.1) is 0 Å². The second-order valence-electron chi connectivity index (χ2n) is 6.46. The van der Waals surface area contributed by atoms with Crippen molar-refractivity contribution in [1.82, 2.24) is 15.4 Å². The Labute approximate surface area is 145 Å². The summed E-state index contributed by atoms with van der Waals surface area (Å²) in [4.78, 5) is 4.57. The van der Waals surface area contributed by atoms with Gasteiger partial charge >= 0.3 is 0 Å². The highest BCUT2D eigenvalue weighted by atomic mass is 32.2. The Bertz CT molecular complexity index is 650. The minimum Gasteiger partial charge on any atom is -0.357 e. The van der Waals surface area contributed by atoms with Gasteiger partial charge in [-0.25, -0.2) is 18.1 Å². The fourth-order valence-corrected chi connectivity index (χ4v) is 3.71. The summed E-state index contributed by atoms with van der Waals surface area (Å²) >= 11 is 0. The molecule has 1 aromatic carbocycles. The van der Waals surface area contributed by atoms with Gasteiger partial charge in [-0.05, 0) is 44.7 Å². The predicted octanol–water partition coefficient (Wildman–Crippen LogP) is 1.73. The predicted molar refractivity (Wildman–Crippen MR) is 98.3 cm³/mol. The van der Waals surface area contributed by atoms with E-state index in [2.05, 4.69) is 20.3 Å². The van der Waals surface area contributed by atoms with E-state index in [0.29, 0.717) is 12.6 Å². The number of benzene rings is 1. The Kier molecular flexibility index (Phi) is 6.62. The lowest BCUT2D eigenvalue weighted by atomic mass is 10.1. The molecule has 1 saturated carbocycles. The monoisotopic (exact) mass is 352 g/mol. The molecule has 0 spiro atoms. The Morgan fingerprint density at radius 1 is 1.21 bits per heavy atom. The molecule has 0 amide bonds. The number of aliphatic imine (C=N–C) groups is 1. The van der Waals surface area contributed by atoms with Crippen LogP contribution in [0.4, 0.5) is 0 Å². The van der Waals surface area contributed by atoms with Crippen LogP contribution in [0.15, 0.2) is 29.3 Å². The summed E-state index contributed by atoms with van der Waals surface area (Å²) in [7, 11) is -3.28. The summed E-state index contributed by atoms with van der Waals surface area (Å²) in [6, 6.07) is 8.04. The number of rotatable bonds is 8. The van der Waals surface area contributed by atoms with E-state index in [0.717, 1.165) is 23.6 Å². The van der Waals surface area contributed by atoms with Crippen molar-refractivity contribution in [2.24, 2.45) is 4.99 Å². The minimum absolute atomic E-state index is 0.000599. The zero-order valence-electron chi connectivity index (χ0n) is 14.7. The first-order valence-corrected chi connectivity index (χ1v) is 10.2. The molecule has 0 unspecified atom stereocenters. The molecule has 0 atom stereocenters. The van der Waals surface area contributed by atoms with Gasteiger partial charge in [0.05, 0.1) is 12.3 Å².